The second-order valence-corrected chi connectivity index (χ2v) is 5.90. The first-order chi connectivity index (χ1) is 9.86. The molecule has 0 radical (unpaired) electrons. The number of aromatic nitrogens is 2. The predicted octanol–water partition coefficient (Wildman–Crippen LogP) is 4.86. The number of alkyl halides is 3. The fourth-order valence-corrected chi connectivity index (χ4v) is 2.97. The Kier molecular flexibility index (Phi) is 3.43. The normalized spacial score (nSPS) is 12.0. The molecule has 0 aliphatic carbocycles. The summed E-state index contributed by atoms with van der Waals surface area (Å²) in [4.78, 5) is 0. The number of aryl methyl sites for hydroxylation is 1. The first-order valence-corrected chi connectivity index (χ1v) is 7.23. The van der Waals surface area contributed by atoms with Crippen molar-refractivity contribution in [3.63, 3.8) is 0 Å². The van der Waals surface area contributed by atoms with Gasteiger partial charge in [0.25, 0.3) is 0 Å². The van der Waals surface area contributed by atoms with Gasteiger partial charge in [-0.3, -0.25) is 4.68 Å². The van der Waals surface area contributed by atoms with Crippen LogP contribution in [-0.4, -0.2) is 9.78 Å². The Morgan fingerprint density at radius 1 is 1.05 bits per heavy atom. The Morgan fingerprint density at radius 3 is 2.33 bits per heavy atom. The molecule has 0 aliphatic rings. The molecular weight excluding hydrogens is 392 g/mol. The highest BCUT2D eigenvalue weighted by Crippen LogP contribution is 2.32. The van der Waals surface area contributed by atoms with E-state index in [-0.39, 0.29) is 0 Å². The zero-order chi connectivity index (χ0) is 15.2. The summed E-state index contributed by atoms with van der Waals surface area (Å²) in [5.74, 6) is 0. The van der Waals surface area contributed by atoms with Gasteiger partial charge in [-0.2, -0.15) is 18.3 Å². The Hall–Kier alpha value is -1.57. The summed E-state index contributed by atoms with van der Waals surface area (Å²) in [5.41, 5.74) is 1.95. The van der Waals surface area contributed by atoms with Gasteiger partial charge in [-0.05, 0) is 58.0 Å². The van der Waals surface area contributed by atoms with Crippen LogP contribution in [0.4, 0.5) is 13.2 Å². The summed E-state index contributed by atoms with van der Waals surface area (Å²) in [6.45, 7) is 0. The molecule has 0 unspecified atom stereocenters. The van der Waals surface area contributed by atoms with Crippen LogP contribution >= 0.6 is 22.6 Å². The molecule has 0 N–H and O–H groups in total. The maximum absolute atomic E-state index is 12.6. The highest BCUT2D eigenvalue weighted by atomic mass is 127. The summed E-state index contributed by atoms with van der Waals surface area (Å²) in [6.07, 6.45) is -2.52. The molecule has 6 heteroatoms. The number of halogens is 4. The Labute approximate surface area is 132 Å². The van der Waals surface area contributed by atoms with Gasteiger partial charge < -0.3 is 0 Å². The number of hydrogen-bond donors (Lipinski definition) is 0. The van der Waals surface area contributed by atoms with Crippen LogP contribution in [0.5, 0.6) is 0 Å². The third kappa shape index (κ3) is 2.64. The average molecular weight is 402 g/mol. The Morgan fingerprint density at radius 2 is 1.71 bits per heavy atom. The monoisotopic (exact) mass is 402 g/mol. The Bertz CT molecular complexity index is 804. The fourth-order valence-electron chi connectivity index (χ4n) is 2.22. The summed E-state index contributed by atoms with van der Waals surface area (Å²) >= 11 is 2.21. The van der Waals surface area contributed by atoms with Crippen molar-refractivity contribution in [3.05, 3.63) is 51.7 Å². The van der Waals surface area contributed by atoms with Crippen LogP contribution in [0.15, 0.2) is 42.6 Å². The van der Waals surface area contributed by atoms with Crippen molar-refractivity contribution in [2.24, 2.45) is 7.05 Å². The zero-order valence-corrected chi connectivity index (χ0v) is 13.1. The number of fused-ring (bicyclic) bond motifs is 1. The largest absolute Gasteiger partial charge is 0.416 e. The van der Waals surface area contributed by atoms with Gasteiger partial charge in [0.15, 0.2) is 0 Å². The lowest BCUT2D eigenvalue weighted by atomic mass is 10.0. The van der Waals surface area contributed by atoms with Crippen molar-refractivity contribution in [2.45, 2.75) is 6.18 Å². The molecule has 0 aliphatic heterocycles. The van der Waals surface area contributed by atoms with E-state index in [1.165, 1.54) is 12.1 Å². The molecule has 3 aromatic rings. The molecular formula is C15H10F3IN2. The molecule has 21 heavy (non-hydrogen) atoms. The van der Waals surface area contributed by atoms with Crippen molar-refractivity contribution in [3.8, 4) is 11.1 Å². The van der Waals surface area contributed by atoms with Gasteiger partial charge >= 0.3 is 6.18 Å². The maximum atomic E-state index is 12.6. The minimum absolute atomic E-state index is 0.637. The molecule has 2 aromatic carbocycles. The molecule has 1 aromatic heterocycles. The highest BCUT2D eigenvalue weighted by Gasteiger charge is 2.29. The van der Waals surface area contributed by atoms with E-state index in [1.54, 1.807) is 10.9 Å². The van der Waals surface area contributed by atoms with Gasteiger partial charge in [-0.1, -0.05) is 12.1 Å². The predicted molar refractivity (Wildman–Crippen MR) is 83.9 cm³/mol. The maximum Gasteiger partial charge on any atom is 0.416 e. The van der Waals surface area contributed by atoms with Crippen LogP contribution in [0, 0.1) is 3.57 Å². The Balaban J connectivity index is 2.10. The van der Waals surface area contributed by atoms with Gasteiger partial charge in [0.2, 0.25) is 0 Å². The molecule has 0 saturated carbocycles. The van der Waals surface area contributed by atoms with Gasteiger partial charge in [0, 0.05) is 16.0 Å². The van der Waals surface area contributed by atoms with E-state index in [2.05, 4.69) is 27.7 Å². The van der Waals surface area contributed by atoms with E-state index in [1.807, 2.05) is 19.2 Å². The molecule has 0 saturated heterocycles. The zero-order valence-electron chi connectivity index (χ0n) is 10.9. The van der Waals surface area contributed by atoms with Crippen molar-refractivity contribution < 1.29 is 13.2 Å². The molecule has 108 valence electrons. The minimum atomic E-state index is -4.31. The fraction of sp³-hybridized carbons (Fsp3) is 0.133. The number of benzene rings is 2. The molecule has 0 bridgehead atoms. The molecule has 2 nitrogen and oxygen atoms in total. The van der Waals surface area contributed by atoms with Crippen LogP contribution < -0.4 is 0 Å². The smallest absolute Gasteiger partial charge is 0.268 e. The van der Waals surface area contributed by atoms with Crippen LogP contribution in [0.3, 0.4) is 0 Å². The first-order valence-electron chi connectivity index (χ1n) is 6.15. The molecule has 1 heterocycles. The van der Waals surface area contributed by atoms with Crippen molar-refractivity contribution >= 4 is 33.5 Å². The summed E-state index contributed by atoms with van der Waals surface area (Å²) in [6, 6.07) is 9.10. The lowest BCUT2D eigenvalue weighted by molar-refractivity contribution is -0.137. The standard InChI is InChI=1S/C15H10F3IN2/c1-21-14-7-10(6-13(19)12(14)8-20-21)9-2-4-11(5-3-9)15(16,17)18/h2-8H,1H3. The second kappa shape index (κ2) is 5.01. The van der Waals surface area contributed by atoms with Crippen molar-refractivity contribution in [1.82, 2.24) is 9.78 Å². The van der Waals surface area contributed by atoms with Crippen molar-refractivity contribution in [1.29, 1.82) is 0 Å². The third-order valence-corrected chi connectivity index (χ3v) is 4.25. The van der Waals surface area contributed by atoms with Gasteiger partial charge in [-0.15, -0.1) is 0 Å². The minimum Gasteiger partial charge on any atom is -0.268 e. The molecule has 0 fully saturated rings. The van der Waals surface area contributed by atoms with Crippen LogP contribution in [-0.2, 0) is 13.2 Å². The quantitative estimate of drug-likeness (QED) is 0.532. The second-order valence-electron chi connectivity index (χ2n) is 4.73. The van der Waals surface area contributed by atoms with Crippen LogP contribution in [0.1, 0.15) is 5.56 Å². The summed E-state index contributed by atoms with van der Waals surface area (Å²) in [7, 11) is 1.84. The van der Waals surface area contributed by atoms with Crippen LogP contribution in [0.2, 0.25) is 0 Å². The third-order valence-electron chi connectivity index (χ3n) is 3.36. The van der Waals surface area contributed by atoms with Crippen molar-refractivity contribution in [2.75, 3.05) is 0 Å². The van der Waals surface area contributed by atoms with E-state index in [9.17, 15) is 13.2 Å². The van der Waals surface area contributed by atoms with E-state index in [0.717, 1.165) is 37.7 Å². The van der Waals surface area contributed by atoms with Gasteiger partial charge in [-0.25, -0.2) is 0 Å². The van der Waals surface area contributed by atoms with E-state index >= 15 is 0 Å². The lowest BCUT2D eigenvalue weighted by Crippen LogP contribution is -2.04. The molecule has 0 spiro atoms. The topological polar surface area (TPSA) is 17.8 Å². The SMILES string of the molecule is Cn1ncc2c(I)cc(-c3ccc(C(F)(F)F)cc3)cc21. The molecule has 0 atom stereocenters. The van der Waals surface area contributed by atoms with Gasteiger partial charge in [0.1, 0.15) is 0 Å². The number of rotatable bonds is 1. The first kappa shape index (κ1) is 14.4. The van der Waals surface area contributed by atoms with E-state index in [0.29, 0.717) is 0 Å². The van der Waals surface area contributed by atoms with Gasteiger partial charge in [0.05, 0.1) is 17.3 Å². The lowest BCUT2D eigenvalue weighted by Gasteiger charge is -2.09. The van der Waals surface area contributed by atoms with E-state index in [4.69, 9.17) is 0 Å². The number of nitrogens with zero attached hydrogens (tertiary/aromatic N) is 2. The molecule has 3 rings (SSSR count). The average Bonchev–Trinajstić information content (AvgIpc) is 2.80. The highest BCUT2D eigenvalue weighted by molar-refractivity contribution is 14.1. The van der Waals surface area contributed by atoms with E-state index < -0.39 is 11.7 Å². The summed E-state index contributed by atoms with van der Waals surface area (Å²) in [5, 5.41) is 5.24. The number of hydrogen-bond acceptors (Lipinski definition) is 1. The summed E-state index contributed by atoms with van der Waals surface area (Å²) < 4.78 is 40.6. The molecule has 0 amide bonds. The van der Waals surface area contributed by atoms with Crippen LogP contribution in [0.25, 0.3) is 22.0 Å².